The Balaban J connectivity index is 0.000000617. The molecule has 2 aromatic carbocycles. The van der Waals surface area contributed by atoms with Crippen molar-refractivity contribution >= 4 is 69.7 Å². The lowest BCUT2D eigenvalue weighted by molar-refractivity contribution is -2.00. The van der Waals surface area contributed by atoms with E-state index in [0.717, 1.165) is 67.6 Å². The molecule has 200 valence electrons. The molecule has 2 aliphatic carbocycles. The van der Waals surface area contributed by atoms with Crippen LogP contribution >= 0.6 is 46.4 Å². The summed E-state index contributed by atoms with van der Waals surface area (Å²) in [6.07, 6.45) is 11.6. The number of hydrogen-bond donors (Lipinski definition) is 0. The van der Waals surface area contributed by atoms with Gasteiger partial charge in [0.25, 0.3) is 0 Å². The fraction of sp³-hybridized carbons (Fsp3) is 0.250. The number of fused-ring (bicyclic) bond motifs is 2. The van der Waals surface area contributed by atoms with Gasteiger partial charge in [-0.2, -0.15) is 0 Å². The van der Waals surface area contributed by atoms with Gasteiger partial charge in [-0.05, 0) is 98.6 Å². The van der Waals surface area contributed by atoms with Crippen LogP contribution in [0.5, 0.6) is 0 Å². The third kappa shape index (κ3) is 7.95. The van der Waals surface area contributed by atoms with Gasteiger partial charge in [-0.15, -0.1) is 10.2 Å². The van der Waals surface area contributed by atoms with Crippen LogP contribution in [0.25, 0.3) is 23.3 Å². The molecule has 0 bridgehead atoms. The van der Waals surface area contributed by atoms with Crippen LogP contribution in [0, 0.1) is 10.2 Å². The van der Waals surface area contributed by atoms with Gasteiger partial charge in [0.05, 0.1) is 22.3 Å². The summed E-state index contributed by atoms with van der Waals surface area (Å²) in [7, 11) is -4.94. The van der Waals surface area contributed by atoms with Gasteiger partial charge in [-0.3, -0.25) is 0 Å². The molecule has 38 heavy (non-hydrogen) atoms. The maximum Gasteiger partial charge on any atom is 0.359 e. The van der Waals surface area contributed by atoms with Crippen LogP contribution in [0.15, 0.2) is 46.9 Å². The van der Waals surface area contributed by atoms with Gasteiger partial charge in [0.15, 0.2) is 0 Å². The van der Waals surface area contributed by atoms with Gasteiger partial charge in [0.2, 0.25) is 0 Å². The highest BCUT2D eigenvalue weighted by Crippen LogP contribution is 2.40. The fourth-order valence-electron chi connectivity index (χ4n) is 4.70. The van der Waals surface area contributed by atoms with E-state index in [4.69, 9.17) is 69.5 Å². The van der Waals surface area contributed by atoms with E-state index in [0.29, 0.717) is 20.1 Å². The van der Waals surface area contributed by atoms with Gasteiger partial charge in [0.1, 0.15) is 0 Å². The summed E-state index contributed by atoms with van der Waals surface area (Å²) in [6, 6.07) is 13.6. The minimum atomic E-state index is -4.94. The lowest BCUT2D eigenvalue weighted by Gasteiger charge is -2.17. The van der Waals surface area contributed by atoms with Crippen molar-refractivity contribution < 1.29 is 33.3 Å². The van der Waals surface area contributed by atoms with Crippen molar-refractivity contribution in [3.63, 3.8) is 0 Å². The summed E-state index contributed by atoms with van der Waals surface area (Å²) in [5.41, 5.74) is 6.84. The Morgan fingerprint density at radius 2 is 1.03 bits per heavy atom. The lowest BCUT2D eigenvalue weighted by atomic mass is 9.89. The largest absolute Gasteiger partial charge is 0.359 e. The molecule has 0 atom stereocenters. The predicted molar refractivity (Wildman–Crippen MR) is 142 cm³/mol. The molecular weight excluding hydrogens is 594 g/mol. The first kappa shape index (κ1) is 29.3. The molecule has 0 unspecified atom stereocenters. The molecule has 1 heterocycles. The minimum absolute atomic E-state index is 0.636. The third-order valence-corrected chi connectivity index (χ3v) is 7.46. The molecule has 5 nitrogen and oxygen atoms in total. The predicted octanol–water partition coefficient (Wildman–Crippen LogP) is 5.56. The number of rotatable bonds is 2. The van der Waals surface area contributed by atoms with Gasteiger partial charge in [-0.25, -0.2) is 23.1 Å². The van der Waals surface area contributed by atoms with E-state index in [1.54, 1.807) is 12.1 Å². The van der Waals surface area contributed by atoms with Crippen molar-refractivity contribution in [2.45, 2.75) is 44.9 Å². The second kappa shape index (κ2) is 12.7. The Labute approximate surface area is 243 Å². The normalized spacial score (nSPS) is 17.4. The molecule has 5 rings (SSSR count). The molecule has 3 aromatic rings. The average molecular weight is 617 g/mol. The molecule has 0 N–H and O–H groups in total. The molecule has 0 saturated carbocycles. The zero-order chi connectivity index (χ0) is 27.4. The van der Waals surface area contributed by atoms with E-state index >= 15 is 0 Å². The van der Waals surface area contributed by atoms with Crippen molar-refractivity contribution in [2.75, 3.05) is 0 Å². The van der Waals surface area contributed by atoms with E-state index in [1.807, 2.05) is 24.3 Å². The first-order chi connectivity index (χ1) is 18.0. The van der Waals surface area contributed by atoms with Crippen LogP contribution in [-0.2, 0) is 12.8 Å². The summed E-state index contributed by atoms with van der Waals surface area (Å²) in [5, 5.41) is 2.57. The molecular formula is C28H23Cl5O5. The maximum absolute atomic E-state index is 8.49. The van der Waals surface area contributed by atoms with Gasteiger partial charge in [-0.1, -0.05) is 58.5 Å². The van der Waals surface area contributed by atoms with E-state index < -0.39 is 10.2 Å². The Kier molecular flexibility index (Phi) is 9.80. The SMILES string of the molecule is Clc1ccc(/C=C2\CCCCc3cc4c([o+]c32)/C(=C/c2ccc(Cl)cc2Cl)CCC4)c(Cl)c1.[O-][Cl+3]([O-])([O-])[O-]. The first-order valence-electron chi connectivity index (χ1n) is 11.9. The zero-order valence-corrected chi connectivity index (χ0v) is 23.9. The Hall–Kier alpha value is -1.64. The summed E-state index contributed by atoms with van der Waals surface area (Å²) in [4.78, 5) is 0. The number of hydrogen-bond acceptors (Lipinski definition) is 4. The van der Waals surface area contributed by atoms with E-state index in [-0.39, 0.29) is 0 Å². The fourth-order valence-corrected chi connectivity index (χ4v) is 5.63. The van der Waals surface area contributed by atoms with Crippen molar-refractivity contribution in [2.24, 2.45) is 0 Å². The quantitative estimate of drug-likeness (QED) is 0.277. The Morgan fingerprint density at radius 3 is 1.50 bits per heavy atom. The van der Waals surface area contributed by atoms with Gasteiger partial charge < -0.3 is 0 Å². The van der Waals surface area contributed by atoms with Crippen LogP contribution < -0.4 is 18.6 Å². The van der Waals surface area contributed by atoms with Crippen molar-refractivity contribution in [1.82, 2.24) is 0 Å². The molecule has 0 radical (unpaired) electrons. The van der Waals surface area contributed by atoms with Crippen LogP contribution in [0.4, 0.5) is 0 Å². The highest BCUT2D eigenvalue weighted by Gasteiger charge is 2.32. The van der Waals surface area contributed by atoms with E-state index in [9.17, 15) is 0 Å². The van der Waals surface area contributed by atoms with Crippen molar-refractivity contribution in [1.29, 1.82) is 0 Å². The standard InChI is InChI=1S/C28H23Cl4O.ClHO4/c29-23-10-8-17(25(31)15-23)12-19-4-1-2-5-20-14-22-7-3-6-21(28(22)33-27(19)20)13-18-9-11-24(30)16-26(18)32;2-1(3,4)5/h8-16H,1-7H2;(H,2,3,4,5)/q+1;/p-1/b19-12+,21-13+;. The number of halogens is 5. The molecule has 0 amide bonds. The molecule has 2 aliphatic rings. The molecule has 1 aromatic heterocycles. The second-order valence-corrected chi connectivity index (χ2v) is 11.5. The van der Waals surface area contributed by atoms with Gasteiger partial charge in [0, 0.05) is 20.1 Å². The number of benzene rings is 2. The molecule has 0 aliphatic heterocycles. The minimum Gasteiger partial charge on any atom is -0.222 e. The van der Waals surface area contributed by atoms with Crippen molar-refractivity contribution in [3.8, 4) is 0 Å². The summed E-state index contributed by atoms with van der Waals surface area (Å²) in [5.74, 6) is 1.95. The van der Waals surface area contributed by atoms with Crippen LogP contribution in [0.3, 0.4) is 0 Å². The van der Waals surface area contributed by atoms with Crippen LogP contribution in [0.2, 0.25) is 20.1 Å². The topological polar surface area (TPSA) is 104 Å². The zero-order valence-electron chi connectivity index (χ0n) is 20.1. The monoisotopic (exact) mass is 614 g/mol. The summed E-state index contributed by atoms with van der Waals surface area (Å²) in [6.45, 7) is 0. The summed E-state index contributed by atoms with van der Waals surface area (Å²) < 4.78 is 40.7. The smallest absolute Gasteiger partial charge is 0.222 e. The first-order valence-corrected chi connectivity index (χ1v) is 14.7. The average Bonchev–Trinajstić information content (AvgIpc) is 3.02. The number of allylic oxidation sites excluding steroid dienone is 2. The second-order valence-electron chi connectivity index (χ2n) is 9.06. The van der Waals surface area contributed by atoms with Crippen LogP contribution in [0.1, 0.15) is 65.9 Å². The highest BCUT2D eigenvalue weighted by atomic mass is 35.7. The van der Waals surface area contributed by atoms with E-state index in [2.05, 4.69) is 18.2 Å². The molecule has 0 spiro atoms. The highest BCUT2D eigenvalue weighted by molar-refractivity contribution is 6.36. The maximum atomic E-state index is 8.49. The summed E-state index contributed by atoms with van der Waals surface area (Å²) >= 11 is 25.1. The Bertz CT molecular complexity index is 1390. The lowest BCUT2D eigenvalue weighted by Crippen LogP contribution is -2.68. The molecule has 10 heteroatoms. The number of aryl methyl sites for hydroxylation is 2. The molecule has 0 saturated heterocycles. The Morgan fingerprint density at radius 1 is 0.605 bits per heavy atom. The third-order valence-electron chi connectivity index (χ3n) is 6.34. The molecule has 0 fully saturated rings. The van der Waals surface area contributed by atoms with E-state index in [1.165, 1.54) is 22.3 Å². The van der Waals surface area contributed by atoms with Crippen LogP contribution in [-0.4, -0.2) is 0 Å². The van der Waals surface area contributed by atoms with Gasteiger partial charge >= 0.3 is 11.5 Å². The van der Waals surface area contributed by atoms with Crippen molar-refractivity contribution in [3.05, 3.63) is 96.3 Å².